The van der Waals surface area contributed by atoms with Crippen LogP contribution in [0, 0.1) is 0 Å². The van der Waals surface area contributed by atoms with Gasteiger partial charge in [0.05, 0.1) is 18.7 Å². The van der Waals surface area contributed by atoms with E-state index in [2.05, 4.69) is 15.7 Å². The molecule has 0 radical (unpaired) electrons. The van der Waals surface area contributed by atoms with Gasteiger partial charge >= 0.3 is 0 Å². The van der Waals surface area contributed by atoms with E-state index in [0.29, 0.717) is 18.9 Å². The maximum absolute atomic E-state index is 12.7. The average molecular weight is 342 g/mol. The Labute approximate surface area is 146 Å². The molecular formula is C18H22N4O3. The number of benzene rings is 1. The fourth-order valence-corrected chi connectivity index (χ4v) is 2.88. The number of nitrogens with zero attached hydrogens (tertiary/aromatic N) is 2. The van der Waals surface area contributed by atoms with E-state index in [1.165, 1.54) is 13.1 Å². The Kier molecular flexibility index (Phi) is 5.14. The van der Waals surface area contributed by atoms with Gasteiger partial charge in [-0.05, 0) is 18.9 Å². The van der Waals surface area contributed by atoms with Crippen molar-refractivity contribution < 1.29 is 14.3 Å². The molecule has 7 nitrogen and oxygen atoms in total. The zero-order chi connectivity index (χ0) is 17.8. The highest BCUT2D eigenvalue weighted by Gasteiger charge is 2.25. The summed E-state index contributed by atoms with van der Waals surface area (Å²) < 4.78 is 6.90. The van der Waals surface area contributed by atoms with Crippen molar-refractivity contribution in [2.45, 2.75) is 25.4 Å². The van der Waals surface area contributed by atoms with Gasteiger partial charge in [0.2, 0.25) is 0 Å². The number of amides is 2. The van der Waals surface area contributed by atoms with Crippen LogP contribution in [-0.4, -0.2) is 47.9 Å². The van der Waals surface area contributed by atoms with Crippen molar-refractivity contribution in [3.63, 3.8) is 0 Å². The third-order valence-electron chi connectivity index (χ3n) is 4.34. The molecular weight excluding hydrogens is 320 g/mol. The van der Waals surface area contributed by atoms with Crippen molar-refractivity contribution in [3.05, 3.63) is 53.3 Å². The normalized spacial score (nSPS) is 17.9. The zero-order valence-corrected chi connectivity index (χ0v) is 14.4. The van der Waals surface area contributed by atoms with E-state index in [4.69, 9.17) is 4.74 Å². The molecule has 1 unspecified atom stereocenters. The lowest BCUT2D eigenvalue weighted by Crippen LogP contribution is -2.36. The Morgan fingerprint density at radius 2 is 2.04 bits per heavy atom. The minimum absolute atomic E-state index is 0.00802. The summed E-state index contributed by atoms with van der Waals surface area (Å²) in [6.45, 7) is 3.11. The molecule has 2 N–H and O–H groups in total. The van der Waals surface area contributed by atoms with E-state index in [0.717, 1.165) is 12.0 Å². The van der Waals surface area contributed by atoms with Crippen LogP contribution in [0.25, 0.3) is 0 Å². The predicted octanol–water partition coefficient (Wildman–Crippen LogP) is 1.37. The molecule has 1 aliphatic rings. The Morgan fingerprint density at radius 1 is 1.28 bits per heavy atom. The number of rotatable bonds is 5. The Morgan fingerprint density at radius 3 is 2.68 bits per heavy atom. The molecule has 0 bridgehead atoms. The van der Waals surface area contributed by atoms with E-state index >= 15 is 0 Å². The smallest absolute Gasteiger partial charge is 0.271 e. The van der Waals surface area contributed by atoms with Crippen LogP contribution in [0.5, 0.6) is 0 Å². The molecule has 1 aromatic carbocycles. The van der Waals surface area contributed by atoms with Crippen molar-refractivity contribution in [1.29, 1.82) is 0 Å². The molecule has 132 valence electrons. The molecule has 2 heterocycles. The molecule has 2 amide bonds. The molecule has 3 rings (SSSR count). The lowest BCUT2D eigenvalue weighted by atomic mass is 10.1. The summed E-state index contributed by atoms with van der Waals surface area (Å²) in [6.07, 6.45) is 0.788. The van der Waals surface area contributed by atoms with Gasteiger partial charge in [-0.25, -0.2) is 0 Å². The van der Waals surface area contributed by atoms with Gasteiger partial charge in [-0.1, -0.05) is 30.3 Å². The first-order chi connectivity index (χ1) is 12.1. The molecule has 7 heteroatoms. The SMILES string of the molecule is CNC(=O)c1cc(C(=O)NC2CCOC2)n([C@@H](C)c2ccccc2)n1. The summed E-state index contributed by atoms with van der Waals surface area (Å²) in [6, 6.07) is 11.1. The van der Waals surface area contributed by atoms with E-state index in [1.807, 2.05) is 37.3 Å². The van der Waals surface area contributed by atoms with Gasteiger partial charge in [0.25, 0.3) is 11.8 Å². The molecule has 1 fully saturated rings. The average Bonchev–Trinajstić information content (AvgIpc) is 3.30. The molecule has 2 atom stereocenters. The van der Waals surface area contributed by atoms with Gasteiger partial charge in [-0.15, -0.1) is 0 Å². The topological polar surface area (TPSA) is 85.3 Å². The molecule has 0 spiro atoms. The molecule has 1 aliphatic heterocycles. The summed E-state index contributed by atoms with van der Waals surface area (Å²) in [5, 5.41) is 9.87. The summed E-state index contributed by atoms with van der Waals surface area (Å²) in [5.74, 6) is -0.571. The fraction of sp³-hybridized carbons (Fsp3) is 0.389. The second kappa shape index (κ2) is 7.48. The van der Waals surface area contributed by atoms with E-state index in [9.17, 15) is 9.59 Å². The van der Waals surface area contributed by atoms with Gasteiger partial charge in [-0.3, -0.25) is 14.3 Å². The maximum atomic E-state index is 12.7. The van der Waals surface area contributed by atoms with E-state index < -0.39 is 0 Å². The standard InChI is InChI=1S/C18H22N4O3/c1-12(13-6-4-3-5-7-13)22-16(10-15(21-22)17(23)19-2)18(24)20-14-8-9-25-11-14/h3-7,10,12,14H,8-9,11H2,1-2H3,(H,19,23)(H,20,24)/t12-,14?/m0/s1. The number of hydrogen-bond donors (Lipinski definition) is 2. The molecule has 1 aromatic heterocycles. The fourth-order valence-electron chi connectivity index (χ4n) is 2.88. The van der Waals surface area contributed by atoms with Crippen molar-refractivity contribution >= 4 is 11.8 Å². The molecule has 1 saturated heterocycles. The van der Waals surface area contributed by atoms with Crippen LogP contribution < -0.4 is 10.6 Å². The second-order valence-electron chi connectivity index (χ2n) is 6.06. The third-order valence-corrected chi connectivity index (χ3v) is 4.34. The zero-order valence-electron chi connectivity index (χ0n) is 14.4. The third kappa shape index (κ3) is 3.71. The largest absolute Gasteiger partial charge is 0.379 e. The van der Waals surface area contributed by atoms with Gasteiger partial charge in [0.1, 0.15) is 5.69 Å². The first-order valence-corrected chi connectivity index (χ1v) is 8.35. The van der Waals surface area contributed by atoms with Crippen LogP contribution >= 0.6 is 0 Å². The van der Waals surface area contributed by atoms with Crippen LogP contribution in [0.2, 0.25) is 0 Å². The first-order valence-electron chi connectivity index (χ1n) is 8.35. The highest BCUT2D eigenvalue weighted by atomic mass is 16.5. The molecule has 25 heavy (non-hydrogen) atoms. The van der Waals surface area contributed by atoms with Crippen LogP contribution in [0.3, 0.4) is 0 Å². The van der Waals surface area contributed by atoms with Crippen molar-refractivity contribution in [1.82, 2.24) is 20.4 Å². The van der Waals surface area contributed by atoms with Gasteiger partial charge in [0, 0.05) is 19.7 Å². The molecule has 2 aromatic rings. The predicted molar refractivity (Wildman–Crippen MR) is 92.6 cm³/mol. The number of ether oxygens (including phenoxy) is 1. The molecule has 0 aliphatic carbocycles. The van der Waals surface area contributed by atoms with Crippen molar-refractivity contribution in [3.8, 4) is 0 Å². The monoisotopic (exact) mass is 342 g/mol. The summed E-state index contributed by atoms with van der Waals surface area (Å²) >= 11 is 0. The Balaban J connectivity index is 1.93. The maximum Gasteiger partial charge on any atom is 0.271 e. The first kappa shape index (κ1) is 17.2. The van der Waals surface area contributed by atoms with Crippen LogP contribution in [-0.2, 0) is 4.74 Å². The Hall–Kier alpha value is -2.67. The summed E-state index contributed by atoms with van der Waals surface area (Å²) in [7, 11) is 1.54. The van der Waals surface area contributed by atoms with Gasteiger partial charge in [-0.2, -0.15) is 5.10 Å². The number of nitrogens with one attached hydrogen (secondary N) is 2. The Bertz CT molecular complexity index is 751. The number of hydrogen-bond acceptors (Lipinski definition) is 4. The van der Waals surface area contributed by atoms with Crippen LogP contribution in [0.15, 0.2) is 36.4 Å². The van der Waals surface area contributed by atoms with Crippen molar-refractivity contribution in [2.24, 2.45) is 0 Å². The lowest BCUT2D eigenvalue weighted by Gasteiger charge is -2.17. The summed E-state index contributed by atoms with van der Waals surface area (Å²) in [4.78, 5) is 24.7. The second-order valence-corrected chi connectivity index (χ2v) is 6.06. The minimum Gasteiger partial charge on any atom is -0.379 e. The van der Waals surface area contributed by atoms with E-state index in [-0.39, 0.29) is 29.6 Å². The minimum atomic E-state index is -0.322. The highest BCUT2D eigenvalue weighted by molar-refractivity contribution is 5.98. The van der Waals surface area contributed by atoms with Crippen LogP contribution in [0.1, 0.15) is 45.9 Å². The number of aromatic nitrogens is 2. The van der Waals surface area contributed by atoms with Gasteiger partial charge < -0.3 is 15.4 Å². The van der Waals surface area contributed by atoms with Gasteiger partial charge in [0.15, 0.2) is 5.69 Å². The van der Waals surface area contributed by atoms with Crippen LogP contribution in [0.4, 0.5) is 0 Å². The lowest BCUT2D eigenvalue weighted by molar-refractivity contribution is 0.0916. The molecule has 0 saturated carbocycles. The number of carbonyl (C=O) groups excluding carboxylic acids is 2. The number of carbonyl (C=O) groups is 2. The highest BCUT2D eigenvalue weighted by Crippen LogP contribution is 2.20. The summed E-state index contributed by atoms with van der Waals surface area (Å²) in [5.41, 5.74) is 1.59. The van der Waals surface area contributed by atoms with Crippen molar-refractivity contribution in [2.75, 3.05) is 20.3 Å². The quantitative estimate of drug-likeness (QED) is 0.859. The van der Waals surface area contributed by atoms with E-state index in [1.54, 1.807) is 4.68 Å².